The van der Waals surface area contributed by atoms with Crippen molar-refractivity contribution >= 4 is 0 Å². The Balaban J connectivity index is 1.98. The van der Waals surface area contributed by atoms with Gasteiger partial charge in [0.1, 0.15) is 0 Å². The summed E-state index contributed by atoms with van der Waals surface area (Å²) in [5.74, 6) is 0.428. The molecule has 0 bridgehead atoms. The Morgan fingerprint density at radius 2 is 1.58 bits per heavy atom. The molecule has 0 aromatic heterocycles. The third-order valence-corrected chi connectivity index (χ3v) is 5.06. The lowest BCUT2D eigenvalue weighted by Crippen LogP contribution is -2.57. The van der Waals surface area contributed by atoms with Crippen LogP contribution in [-0.2, 0) is 14.7 Å². The van der Waals surface area contributed by atoms with Crippen LogP contribution in [0.3, 0.4) is 0 Å². The van der Waals surface area contributed by atoms with Gasteiger partial charge in [0.15, 0.2) is 0 Å². The summed E-state index contributed by atoms with van der Waals surface area (Å²) in [6, 6.07) is 0. The minimum atomic E-state index is -0.310. The molecule has 0 amide bonds. The normalized spacial score (nSPS) is 30.2. The molecule has 4 heteroatoms. The predicted octanol–water partition coefficient (Wildman–Crippen LogP) is 2.33. The summed E-state index contributed by atoms with van der Waals surface area (Å²) in [6.45, 7) is 7.22. The number of nitrogens with zero attached hydrogens (tertiary/aromatic N) is 1. The molecule has 3 heterocycles. The second-order valence-electron chi connectivity index (χ2n) is 6.41. The van der Waals surface area contributed by atoms with Crippen molar-refractivity contribution in [3.8, 4) is 0 Å². The van der Waals surface area contributed by atoms with E-state index in [0.717, 1.165) is 25.7 Å². The summed E-state index contributed by atoms with van der Waals surface area (Å²) in [7, 11) is 0. The van der Waals surface area contributed by atoms with E-state index in [0.29, 0.717) is 32.3 Å². The number of hydrogen-bond donors (Lipinski definition) is 0. The second kappa shape index (κ2) is 4.85. The van der Waals surface area contributed by atoms with Gasteiger partial charge in [-0.3, -0.25) is 0 Å². The summed E-state index contributed by atoms with van der Waals surface area (Å²) >= 11 is 0. The highest BCUT2D eigenvalue weighted by Crippen LogP contribution is 2.50. The molecule has 0 aromatic carbocycles. The van der Waals surface area contributed by atoms with Gasteiger partial charge in [-0.1, -0.05) is 19.9 Å². The van der Waals surface area contributed by atoms with Crippen molar-refractivity contribution in [2.45, 2.75) is 50.6 Å². The molecule has 3 aliphatic rings. The van der Waals surface area contributed by atoms with Gasteiger partial charge in [-0.2, -0.15) is 0 Å². The Hall–Kier alpha value is -0.420. The molecule has 0 unspecified atom stereocenters. The van der Waals surface area contributed by atoms with Gasteiger partial charge in [-0.25, -0.2) is 0 Å². The minimum Gasteiger partial charge on any atom is -0.381 e. The maximum Gasteiger partial charge on any atom is 0.0759 e. The van der Waals surface area contributed by atoms with E-state index < -0.39 is 0 Å². The molecule has 0 aromatic rings. The van der Waals surface area contributed by atoms with E-state index in [1.165, 1.54) is 10.6 Å². The van der Waals surface area contributed by atoms with Crippen LogP contribution < -0.4 is 0 Å². The molecule has 3 rings (SSSR count). The van der Waals surface area contributed by atoms with Gasteiger partial charge in [0.25, 0.3) is 0 Å². The quantitative estimate of drug-likeness (QED) is 0.684. The molecule has 2 fully saturated rings. The SMILES string of the molecule is CC(C)C1=CC2(CCOCC2)N([O])C12CCOCC2. The first kappa shape index (κ1) is 13.6. The molecule has 1 radical (unpaired) electrons. The zero-order valence-corrected chi connectivity index (χ0v) is 12.0. The van der Waals surface area contributed by atoms with E-state index >= 15 is 0 Å². The molecule has 0 N–H and O–H groups in total. The number of hydrogen-bond acceptors (Lipinski definition) is 3. The van der Waals surface area contributed by atoms with Crippen molar-refractivity contribution in [2.75, 3.05) is 26.4 Å². The molecular weight excluding hydrogens is 242 g/mol. The van der Waals surface area contributed by atoms with Crippen LogP contribution in [0.4, 0.5) is 0 Å². The summed E-state index contributed by atoms with van der Waals surface area (Å²) in [5, 5.41) is 14.6. The van der Waals surface area contributed by atoms with Gasteiger partial charge < -0.3 is 9.47 Å². The molecule has 4 nitrogen and oxygen atoms in total. The van der Waals surface area contributed by atoms with Crippen molar-refractivity contribution < 1.29 is 14.7 Å². The lowest BCUT2D eigenvalue weighted by atomic mass is 9.79. The van der Waals surface area contributed by atoms with Crippen LogP contribution in [0.5, 0.6) is 0 Å². The van der Waals surface area contributed by atoms with Crippen LogP contribution >= 0.6 is 0 Å². The second-order valence-corrected chi connectivity index (χ2v) is 6.41. The first-order valence-corrected chi connectivity index (χ1v) is 7.47. The fraction of sp³-hybridized carbons (Fsp3) is 0.867. The van der Waals surface area contributed by atoms with Crippen LogP contribution in [0.1, 0.15) is 39.5 Å². The van der Waals surface area contributed by atoms with E-state index in [1.807, 2.05) is 0 Å². The largest absolute Gasteiger partial charge is 0.381 e. The Bertz CT molecular complexity index is 366. The highest BCUT2D eigenvalue weighted by Gasteiger charge is 2.57. The van der Waals surface area contributed by atoms with Crippen LogP contribution in [0, 0.1) is 5.92 Å². The molecule has 19 heavy (non-hydrogen) atoms. The zero-order valence-electron chi connectivity index (χ0n) is 12.0. The van der Waals surface area contributed by atoms with E-state index in [4.69, 9.17) is 9.47 Å². The summed E-state index contributed by atoms with van der Waals surface area (Å²) in [4.78, 5) is 0. The van der Waals surface area contributed by atoms with Gasteiger partial charge in [0, 0.05) is 26.4 Å². The minimum absolute atomic E-state index is 0.302. The molecular formula is C15H24NO3. The van der Waals surface area contributed by atoms with Crippen molar-refractivity contribution in [3.05, 3.63) is 11.6 Å². The van der Waals surface area contributed by atoms with Gasteiger partial charge in [-0.15, -0.1) is 10.3 Å². The third-order valence-electron chi connectivity index (χ3n) is 5.06. The lowest BCUT2D eigenvalue weighted by molar-refractivity contribution is -0.280. The molecule has 2 saturated heterocycles. The van der Waals surface area contributed by atoms with Crippen LogP contribution in [0.25, 0.3) is 0 Å². The molecule has 0 saturated carbocycles. The van der Waals surface area contributed by atoms with E-state index in [2.05, 4.69) is 19.9 Å². The number of ether oxygens (including phenoxy) is 2. The molecule has 0 aliphatic carbocycles. The van der Waals surface area contributed by atoms with Crippen molar-refractivity contribution in [3.63, 3.8) is 0 Å². The van der Waals surface area contributed by atoms with Crippen LogP contribution in [0.15, 0.2) is 11.6 Å². The van der Waals surface area contributed by atoms with Gasteiger partial charge in [0.2, 0.25) is 0 Å². The first-order chi connectivity index (χ1) is 9.11. The summed E-state index contributed by atoms with van der Waals surface area (Å²) in [6.07, 6.45) is 5.62. The Labute approximate surface area is 115 Å². The monoisotopic (exact) mass is 266 g/mol. The number of hydroxylamine groups is 2. The Kier molecular flexibility index (Phi) is 3.46. The molecule has 3 aliphatic heterocycles. The van der Waals surface area contributed by atoms with Crippen molar-refractivity contribution in [1.29, 1.82) is 0 Å². The fourth-order valence-electron chi connectivity index (χ4n) is 4.00. The van der Waals surface area contributed by atoms with Gasteiger partial charge in [-0.05, 0) is 37.2 Å². The lowest BCUT2D eigenvalue weighted by Gasteiger charge is -2.46. The smallest absolute Gasteiger partial charge is 0.0759 e. The van der Waals surface area contributed by atoms with E-state index in [9.17, 15) is 5.21 Å². The summed E-state index contributed by atoms with van der Waals surface area (Å²) < 4.78 is 10.9. The standard InChI is InChI=1S/C15H24NO3/c1-12(2)13-11-14(3-7-18-8-4-14)16(17)15(13)5-9-19-10-6-15/h11-12H,3-10H2,1-2H3. The van der Waals surface area contributed by atoms with E-state index in [1.54, 1.807) is 0 Å². The Morgan fingerprint density at radius 1 is 1.05 bits per heavy atom. The predicted molar refractivity (Wildman–Crippen MR) is 71.0 cm³/mol. The maximum atomic E-state index is 13.1. The average molecular weight is 266 g/mol. The fourth-order valence-corrected chi connectivity index (χ4v) is 4.00. The highest BCUT2D eigenvalue weighted by molar-refractivity contribution is 5.35. The van der Waals surface area contributed by atoms with Crippen LogP contribution in [-0.4, -0.2) is 42.6 Å². The molecule has 2 spiro atoms. The van der Waals surface area contributed by atoms with Crippen LogP contribution in [0.2, 0.25) is 0 Å². The molecule has 0 atom stereocenters. The highest BCUT2D eigenvalue weighted by atomic mass is 16.5. The maximum absolute atomic E-state index is 13.1. The van der Waals surface area contributed by atoms with Crippen molar-refractivity contribution in [2.24, 2.45) is 5.92 Å². The van der Waals surface area contributed by atoms with Crippen molar-refractivity contribution in [1.82, 2.24) is 5.06 Å². The number of rotatable bonds is 1. The summed E-state index contributed by atoms with van der Waals surface area (Å²) in [5.41, 5.74) is 0.728. The third kappa shape index (κ3) is 1.97. The average Bonchev–Trinajstić information content (AvgIpc) is 2.65. The first-order valence-electron chi connectivity index (χ1n) is 7.47. The topological polar surface area (TPSA) is 41.6 Å². The Morgan fingerprint density at radius 3 is 2.11 bits per heavy atom. The van der Waals surface area contributed by atoms with E-state index in [-0.39, 0.29) is 11.1 Å². The van der Waals surface area contributed by atoms with Gasteiger partial charge >= 0.3 is 0 Å². The molecule has 107 valence electrons. The van der Waals surface area contributed by atoms with Gasteiger partial charge in [0.05, 0.1) is 11.1 Å². The zero-order chi connectivity index (χ0) is 13.5.